The van der Waals surface area contributed by atoms with Crippen molar-refractivity contribution in [2.45, 2.75) is 38.3 Å². The van der Waals surface area contributed by atoms with Gasteiger partial charge in [-0.05, 0) is 72.9 Å². The van der Waals surface area contributed by atoms with Crippen molar-refractivity contribution in [1.29, 1.82) is 0 Å². The second-order valence-electron chi connectivity index (χ2n) is 5.66. The number of aromatic nitrogens is 2. The lowest BCUT2D eigenvalue weighted by atomic mass is 10.2. The van der Waals surface area contributed by atoms with Gasteiger partial charge in [-0.1, -0.05) is 12.8 Å². The minimum Gasteiger partial charge on any atom is -0.331 e. The number of benzene rings is 1. The van der Waals surface area contributed by atoms with Crippen LogP contribution < -0.4 is 0 Å². The van der Waals surface area contributed by atoms with Crippen LogP contribution in [0.5, 0.6) is 0 Å². The summed E-state index contributed by atoms with van der Waals surface area (Å²) in [5, 5.41) is 0. The van der Waals surface area contributed by atoms with Gasteiger partial charge in [0, 0.05) is 22.7 Å². The van der Waals surface area contributed by atoms with E-state index in [1.165, 1.54) is 34.8 Å². The van der Waals surface area contributed by atoms with Gasteiger partial charge in [0.05, 0.1) is 11.0 Å². The molecule has 3 rings (SSSR count). The number of hydrogen-bond acceptors (Lipinski definition) is 2. The van der Waals surface area contributed by atoms with E-state index in [1.807, 2.05) is 0 Å². The third-order valence-electron chi connectivity index (χ3n) is 4.36. The van der Waals surface area contributed by atoms with Gasteiger partial charge in [-0.25, -0.2) is 0 Å². The van der Waals surface area contributed by atoms with E-state index in [-0.39, 0.29) is 0 Å². The smallest absolute Gasteiger partial charge is 0.178 e. The summed E-state index contributed by atoms with van der Waals surface area (Å²) in [6.45, 7) is 2.03. The molecule has 0 radical (unpaired) electrons. The maximum Gasteiger partial charge on any atom is 0.178 e. The second kappa shape index (κ2) is 6.15. The van der Waals surface area contributed by atoms with E-state index in [9.17, 15) is 0 Å². The second-order valence-corrected chi connectivity index (χ2v) is 7.29. The summed E-state index contributed by atoms with van der Waals surface area (Å²) in [6, 6.07) is 7.24. The van der Waals surface area contributed by atoms with Crippen molar-refractivity contribution in [1.82, 2.24) is 14.5 Å². The summed E-state index contributed by atoms with van der Waals surface area (Å²) >= 11 is 7.80. The number of H-pyrrole nitrogens is 1. The molecule has 1 N–H and O–H groups in total. The molecule has 0 spiro atoms. The minimum absolute atomic E-state index is 0.773. The van der Waals surface area contributed by atoms with E-state index in [1.54, 1.807) is 0 Å². The number of aromatic amines is 1. The van der Waals surface area contributed by atoms with Crippen molar-refractivity contribution in [3.63, 3.8) is 0 Å². The highest BCUT2D eigenvalue weighted by molar-refractivity contribution is 14.1. The van der Waals surface area contributed by atoms with E-state index >= 15 is 0 Å². The number of halogens is 1. The molecule has 1 aliphatic carbocycles. The number of hydrogen-bond donors (Lipinski definition) is 1. The Hall–Kier alpha value is -0.400. The zero-order valence-corrected chi connectivity index (χ0v) is 14.7. The zero-order chi connectivity index (χ0) is 14.1. The van der Waals surface area contributed by atoms with Crippen LogP contribution in [0.25, 0.3) is 11.0 Å². The van der Waals surface area contributed by atoms with Crippen LogP contribution in [0.2, 0.25) is 0 Å². The summed E-state index contributed by atoms with van der Waals surface area (Å²) in [4.78, 5) is 5.82. The van der Waals surface area contributed by atoms with E-state index in [2.05, 4.69) is 62.3 Å². The van der Waals surface area contributed by atoms with Crippen LogP contribution in [-0.4, -0.2) is 34.1 Å². The van der Waals surface area contributed by atoms with Gasteiger partial charge in [-0.15, -0.1) is 0 Å². The lowest BCUT2D eigenvalue weighted by Gasteiger charge is -2.24. The molecule has 1 aromatic carbocycles. The molecule has 1 fully saturated rings. The standard InChI is InChI=1S/C15H20IN3S/c1-18(12-4-2-3-5-12)8-9-19-14-7-6-11(16)10-13(14)17-15(19)20/h6-7,10,12H,2-5,8-9H2,1H3,(H,17,20). The van der Waals surface area contributed by atoms with Crippen molar-refractivity contribution in [3.8, 4) is 0 Å². The molecule has 0 unspecified atom stereocenters. The van der Waals surface area contributed by atoms with Gasteiger partial charge in [0.25, 0.3) is 0 Å². The first-order chi connectivity index (χ1) is 9.65. The molecule has 0 atom stereocenters. The predicted molar refractivity (Wildman–Crippen MR) is 94.7 cm³/mol. The molecule has 2 aromatic rings. The SMILES string of the molecule is CN(CCn1c(=S)[nH]c2cc(I)ccc21)C1CCCC1. The number of fused-ring (bicyclic) bond motifs is 1. The number of rotatable bonds is 4. The Labute approximate surface area is 138 Å². The molecule has 20 heavy (non-hydrogen) atoms. The van der Waals surface area contributed by atoms with Crippen molar-refractivity contribution >= 4 is 45.8 Å². The first kappa shape index (κ1) is 14.5. The van der Waals surface area contributed by atoms with Crippen LogP contribution >= 0.6 is 34.8 Å². The first-order valence-electron chi connectivity index (χ1n) is 7.23. The average Bonchev–Trinajstić information content (AvgIpc) is 3.03. The maximum absolute atomic E-state index is 5.47. The molecule has 5 heteroatoms. The molecule has 1 aliphatic rings. The van der Waals surface area contributed by atoms with Crippen LogP contribution in [0.4, 0.5) is 0 Å². The molecular weight excluding hydrogens is 381 g/mol. The fourth-order valence-electron chi connectivity index (χ4n) is 3.14. The van der Waals surface area contributed by atoms with E-state index in [4.69, 9.17) is 12.2 Å². The summed E-state index contributed by atoms with van der Waals surface area (Å²) < 4.78 is 4.30. The molecule has 0 aliphatic heterocycles. The molecule has 1 heterocycles. The van der Waals surface area contributed by atoms with Gasteiger partial charge in [-0.2, -0.15) is 0 Å². The first-order valence-corrected chi connectivity index (χ1v) is 8.72. The van der Waals surface area contributed by atoms with Gasteiger partial charge in [0.1, 0.15) is 0 Å². The minimum atomic E-state index is 0.773. The molecular formula is C15H20IN3S. The third-order valence-corrected chi connectivity index (χ3v) is 5.35. The lowest BCUT2D eigenvalue weighted by Crippen LogP contribution is -2.32. The van der Waals surface area contributed by atoms with Gasteiger partial charge in [0.15, 0.2) is 4.77 Å². The van der Waals surface area contributed by atoms with Gasteiger partial charge >= 0.3 is 0 Å². The van der Waals surface area contributed by atoms with Gasteiger partial charge in [0.2, 0.25) is 0 Å². The summed E-state index contributed by atoms with van der Waals surface area (Å²) in [5.74, 6) is 0. The van der Waals surface area contributed by atoms with Crippen LogP contribution in [0, 0.1) is 8.34 Å². The summed E-state index contributed by atoms with van der Waals surface area (Å²) in [5.41, 5.74) is 2.36. The zero-order valence-electron chi connectivity index (χ0n) is 11.7. The van der Waals surface area contributed by atoms with Crippen LogP contribution in [0.1, 0.15) is 25.7 Å². The Morgan fingerprint density at radius 2 is 2.15 bits per heavy atom. The fourth-order valence-corrected chi connectivity index (χ4v) is 3.93. The predicted octanol–water partition coefficient (Wildman–Crippen LogP) is 4.18. The molecule has 1 aromatic heterocycles. The van der Waals surface area contributed by atoms with Gasteiger partial charge < -0.3 is 14.5 Å². The largest absolute Gasteiger partial charge is 0.331 e. The number of likely N-dealkylation sites (N-methyl/N-ethyl adjacent to an activating group) is 1. The maximum atomic E-state index is 5.47. The molecule has 0 amide bonds. The molecule has 3 nitrogen and oxygen atoms in total. The highest BCUT2D eigenvalue weighted by Crippen LogP contribution is 2.23. The third kappa shape index (κ3) is 2.94. The Kier molecular flexibility index (Phi) is 4.47. The van der Waals surface area contributed by atoms with Gasteiger partial charge in [-0.3, -0.25) is 0 Å². The molecule has 1 saturated carbocycles. The number of nitrogens with one attached hydrogen (secondary N) is 1. The Morgan fingerprint density at radius 1 is 1.40 bits per heavy atom. The average molecular weight is 401 g/mol. The highest BCUT2D eigenvalue weighted by atomic mass is 127. The van der Waals surface area contributed by atoms with Crippen molar-refractivity contribution in [2.24, 2.45) is 0 Å². The monoisotopic (exact) mass is 401 g/mol. The normalized spacial score (nSPS) is 16.6. The highest BCUT2D eigenvalue weighted by Gasteiger charge is 2.19. The molecule has 0 saturated heterocycles. The number of nitrogens with zero attached hydrogens (tertiary/aromatic N) is 2. The van der Waals surface area contributed by atoms with Crippen LogP contribution in [-0.2, 0) is 6.54 Å². The van der Waals surface area contributed by atoms with Crippen LogP contribution in [0.15, 0.2) is 18.2 Å². The van der Waals surface area contributed by atoms with E-state index in [0.717, 1.165) is 29.4 Å². The Balaban J connectivity index is 1.77. The quantitative estimate of drug-likeness (QED) is 0.614. The molecule has 108 valence electrons. The summed E-state index contributed by atoms with van der Waals surface area (Å²) in [6.07, 6.45) is 5.49. The van der Waals surface area contributed by atoms with E-state index in [0.29, 0.717) is 0 Å². The Bertz CT molecular complexity index is 655. The van der Waals surface area contributed by atoms with E-state index < -0.39 is 0 Å². The number of imidazole rings is 1. The topological polar surface area (TPSA) is 24.0 Å². The van der Waals surface area contributed by atoms with Crippen molar-refractivity contribution < 1.29 is 0 Å². The lowest BCUT2D eigenvalue weighted by molar-refractivity contribution is 0.237. The van der Waals surface area contributed by atoms with Crippen molar-refractivity contribution in [3.05, 3.63) is 26.5 Å². The van der Waals surface area contributed by atoms with Crippen LogP contribution in [0.3, 0.4) is 0 Å². The molecule has 0 bridgehead atoms. The summed E-state index contributed by atoms with van der Waals surface area (Å²) in [7, 11) is 2.25. The Morgan fingerprint density at radius 3 is 2.90 bits per heavy atom. The van der Waals surface area contributed by atoms with Crippen molar-refractivity contribution in [2.75, 3.05) is 13.6 Å². The fraction of sp³-hybridized carbons (Fsp3) is 0.533.